The second kappa shape index (κ2) is 5.20. The Kier molecular flexibility index (Phi) is 4.88. The Bertz CT molecular complexity index is 103. The largest absolute Gasteiger partial charge is 0.308 e. The summed E-state index contributed by atoms with van der Waals surface area (Å²) in [4.78, 5) is 10.5. The van der Waals surface area contributed by atoms with Crippen molar-refractivity contribution in [2.75, 3.05) is 13.1 Å². The molecule has 0 bridgehead atoms. The second-order valence-corrected chi connectivity index (χ2v) is 2.59. The van der Waals surface area contributed by atoms with Gasteiger partial charge in [0, 0.05) is 0 Å². The molecule has 0 saturated heterocycles. The van der Waals surface area contributed by atoms with Crippen LogP contribution in [0, 0.1) is 5.92 Å². The van der Waals surface area contributed by atoms with Gasteiger partial charge in [0.2, 0.25) is 5.91 Å². The van der Waals surface area contributed by atoms with Crippen molar-refractivity contribution in [1.82, 2.24) is 10.7 Å². The van der Waals surface area contributed by atoms with Crippen LogP contribution < -0.4 is 16.6 Å². The first-order valence-electron chi connectivity index (χ1n) is 3.37. The molecule has 0 aliphatic rings. The van der Waals surface area contributed by atoms with Gasteiger partial charge in [-0.25, -0.2) is 5.84 Å². The van der Waals surface area contributed by atoms with Crippen LogP contribution in [0.3, 0.4) is 0 Å². The third-order valence-corrected chi connectivity index (χ3v) is 0.999. The molecule has 0 aromatic heterocycles. The van der Waals surface area contributed by atoms with Crippen molar-refractivity contribution in [2.24, 2.45) is 11.8 Å². The van der Waals surface area contributed by atoms with E-state index in [1.807, 2.05) is 5.43 Å². The molecule has 1 amide bonds. The van der Waals surface area contributed by atoms with Crippen LogP contribution in [0.25, 0.3) is 0 Å². The predicted octanol–water partition coefficient (Wildman–Crippen LogP) is -0.778. The minimum Gasteiger partial charge on any atom is -0.308 e. The molecule has 0 spiro atoms. The monoisotopic (exact) mass is 145 g/mol. The molecule has 0 aromatic carbocycles. The van der Waals surface area contributed by atoms with Crippen molar-refractivity contribution in [3.8, 4) is 0 Å². The van der Waals surface area contributed by atoms with Crippen molar-refractivity contribution in [3.05, 3.63) is 0 Å². The molecule has 0 rings (SSSR count). The van der Waals surface area contributed by atoms with Gasteiger partial charge in [0.1, 0.15) is 0 Å². The van der Waals surface area contributed by atoms with Crippen LogP contribution in [-0.2, 0) is 4.79 Å². The van der Waals surface area contributed by atoms with Gasteiger partial charge in [-0.1, -0.05) is 13.8 Å². The minimum atomic E-state index is -0.180. The summed E-state index contributed by atoms with van der Waals surface area (Å²) in [5, 5.41) is 2.94. The van der Waals surface area contributed by atoms with Gasteiger partial charge in [-0.15, -0.1) is 0 Å². The molecule has 0 aliphatic heterocycles. The zero-order valence-corrected chi connectivity index (χ0v) is 6.48. The molecular weight excluding hydrogens is 130 g/mol. The van der Waals surface area contributed by atoms with E-state index in [0.29, 0.717) is 12.5 Å². The van der Waals surface area contributed by atoms with Crippen LogP contribution in [0.4, 0.5) is 0 Å². The van der Waals surface area contributed by atoms with Crippen LogP contribution in [-0.4, -0.2) is 19.0 Å². The first-order valence-corrected chi connectivity index (χ1v) is 3.37. The van der Waals surface area contributed by atoms with Gasteiger partial charge in [-0.05, 0) is 12.5 Å². The summed E-state index contributed by atoms with van der Waals surface area (Å²) in [6.07, 6.45) is 0. The van der Waals surface area contributed by atoms with E-state index in [1.54, 1.807) is 0 Å². The highest BCUT2D eigenvalue weighted by molar-refractivity contribution is 5.77. The van der Waals surface area contributed by atoms with Gasteiger partial charge < -0.3 is 5.32 Å². The second-order valence-electron chi connectivity index (χ2n) is 2.59. The normalized spacial score (nSPS) is 10.0. The van der Waals surface area contributed by atoms with Gasteiger partial charge in [-0.3, -0.25) is 10.2 Å². The fourth-order valence-corrected chi connectivity index (χ4v) is 0.525. The highest BCUT2D eigenvalue weighted by atomic mass is 16.2. The smallest absolute Gasteiger partial charge is 0.247 e. The van der Waals surface area contributed by atoms with Crippen LogP contribution in [0.2, 0.25) is 0 Å². The van der Waals surface area contributed by atoms with E-state index < -0.39 is 0 Å². The van der Waals surface area contributed by atoms with Crippen LogP contribution >= 0.6 is 0 Å². The molecule has 0 aromatic rings. The SMILES string of the molecule is CC(C)CNCC(=O)NN. The van der Waals surface area contributed by atoms with E-state index in [9.17, 15) is 4.79 Å². The topological polar surface area (TPSA) is 67.2 Å². The Balaban J connectivity index is 3.12. The summed E-state index contributed by atoms with van der Waals surface area (Å²) < 4.78 is 0. The Morgan fingerprint density at radius 3 is 2.60 bits per heavy atom. The molecule has 0 fully saturated rings. The van der Waals surface area contributed by atoms with Crippen molar-refractivity contribution in [2.45, 2.75) is 13.8 Å². The van der Waals surface area contributed by atoms with E-state index in [1.165, 1.54) is 0 Å². The highest BCUT2D eigenvalue weighted by Crippen LogP contribution is 1.85. The Labute approximate surface area is 61.1 Å². The van der Waals surface area contributed by atoms with E-state index in [0.717, 1.165) is 6.54 Å². The van der Waals surface area contributed by atoms with Crippen molar-refractivity contribution in [1.29, 1.82) is 0 Å². The number of hydrogen-bond acceptors (Lipinski definition) is 3. The molecule has 0 unspecified atom stereocenters. The van der Waals surface area contributed by atoms with E-state index in [-0.39, 0.29) is 5.91 Å². The summed E-state index contributed by atoms with van der Waals surface area (Å²) >= 11 is 0. The maximum Gasteiger partial charge on any atom is 0.247 e. The fourth-order valence-electron chi connectivity index (χ4n) is 0.525. The Morgan fingerprint density at radius 1 is 1.60 bits per heavy atom. The van der Waals surface area contributed by atoms with Crippen LogP contribution in [0.5, 0.6) is 0 Å². The molecule has 0 aliphatic carbocycles. The van der Waals surface area contributed by atoms with Crippen molar-refractivity contribution in [3.63, 3.8) is 0 Å². The van der Waals surface area contributed by atoms with Gasteiger partial charge in [0.25, 0.3) is 0 Å². The summed E-state index contributed by atoms with van der Waals surface area (Å²) in [7, 11) is 0. The molecule has 4 N–H and O–H groups in total. The third kappa shape index (κ3) is 5.53. The first kappa shape index (κ1) is 9.39. The summed E-state index contributed by atoms with van der Waals surface area (Å²) in [5.41, 5.74) is 2.04. The number of carbonyl (C=O) groups excluding carboxylic acids is 1. The van der Waals surface area contributed by atoms with Crippen molar-refractivity contribution >= 4 is 5.91 Å². The molecule has 0 radical (unpaired) electrons. The predicted molar refractivity (Wildman–Crippen MR) is 40.0 cm³/mol. The number of carbonyl (C=O) groups is 1. The molecule has 60 valence electrons. The van der Waals surface area contributed by atoms with Gasteiger partial charge in [0.05, 0.1) is 6.54 Å². The number of nitrogens with one attached hydrogen (secondary N) is 2. The van der Waals surface area contributed by atoms with Gasteiger partial charge in [0.15, 0.2) is 0 Å². The molecule has 0 saturated carbocycles. The Hall–Kier alpha value is -0.610. The lowest BCUT2D eigenvalue weighted by molar-refractivity contribution is -0.120. The summed E-state index contributed by atoms with van der Waals surface area (Å²) in [6.45, 7) is 5.29. The Morgan fingerprint density at radius 2 is 2.20 bits per heavy atom. The van der Waals surface area contributed by atoms with E-state index in [2.05, 4.69) is 19.2 Å². The highest BCUT2D eigenvalue weighted by Gasteiger charge is 1.97. The standard InChI is InChI=1S/C6H15N3O/c1-5(2)3-8-4-6(10)9-7/h5,8H,3-4,7H2,1-2H3,(H,9,10). The molecule has 0 atom stereocenters. The number of nitrogens with two attached hydrogens (primary N) is 1. The van der Waals surface area contributed by atoms with Crippen LogP contribution in [0.1, 0.15) is 13.8 Å². The van der Waals surface area contributed by atoms with E-state index in [4.69, 9.17) is 5.84 Å². The first-order chi connectivity index (χ1) is 4.66. The molecular formula is C6H15N3O. The number of rotatable bonds is 4. The number of hydrazine groups is 1. The molecule has 0 heterocycles. The summed E-state index contributed by atoms with van der Waals surface area (Å²) in [6, 6.07) is 0. The average molecular weight is 145 g/mol. The third-order valence-electron chi connectivity index (χ3n) is 0.999. The molecule has 10 heavy (non-hydrogen) atoms. The average Bonchev–Trinajstić information content (AvgIpc) is 1.87. The van der Waals surface area contributed by atoms with Crippen molar-refractivity contribution < 1.29 is 4.79 Å². The van der Waals surface area contributed by atoms with Gasteiger partial charge >= 0.3 is 0 Å². The quantitative estimate of drug-likeness (QED) is 0.276. The lowest BCUT2D eigenvalue weighted by atomic mass is 10.2. The van der Waals surface area contributed by atoms with E-state index >= 15 is 0 Å². The molecule has 4 heteroatoms. The summed E-state index contributed by atoms with van der Waals surface area (Å²) in [5.74, 6) is 5.23. The zero-order chi connectivity index (χ0) is 7.98. The lowest BCUT2D eigenvalue weighted by Crippen LogP contribution is -2.38. The zero-order valence-electron chi connectivity index (χ0n) is 6.48. The molecule has 4 nitrogen and oxygen atoms in total. The maximum atomic E-state index is 10.5. The van der Waals surface area contributed by atoms with Gasteiger partial charge in [-0.2, -0.15) is 0 Å². The lowest BCUT2D eigenvalue weighted by Gasteiger charge is -2.05. The fraction of sp³-hybridized carbons (Fsp3) is 0.833. The van der Waals surface area contributed by atoms with Crippen LogP contribution in [0.15, 0.2) is 0 Å². The number of amides is 1. The number of hydrogen-bond donors (Lipinski definition) is 3. The minimum absolute atomic E-state index is 0.180. The maximum absolute atomic E-state index is 10.5.